The molecule has 3 aromatic heterocycles. The standard InChI is InChI=1S/C57H40N4S/c1-35(59-56(39-18-9-4-10-19-39)55-48(58)26-21-43-34-53(62-57(43)55)38-16-7-3-8-17-38)61-51-29-24-40(36-13-5-2-6-14-36)31-45(51)46-32-42(25-30-52(46)61)41-23-27-49-47(33-41)54-44-20-12-11-15-37(44)22-28-50(54)60-49/h2-35,60H,58H2,1H3/b59-56-. The number of fused-ring (bicyclic) bond motifs is 9. The molecule has 0 bridgehead atoms. The monoisotopic (exact) mass is 812 g/mol. The van der Waals surface area contributed by atoms with Crippen LogP contribution in [0.15, 0.2) is 205 Å². The number of thiophene rings is 1. The van der Waals surface area contributed by atoms with Crippen molar-refractivity contribution in [3.8, 4) is 32.7 Å². The highest BCUT2D eigenvalue weighted by molar-refractivity contribution is 7.22. The first-order valence-electron chi connectivity index (χ1n) is 21.1. The van der Waals surface area contributed by atoms with E-state index in [0.29, 0.717) is 5.69 Å². The molecule has 0 aliphatic carbocycles. The van der Waals surface area contributed by atoms with Crippen molar-refractivity contribution in [1.29, 1.82) is 0 Å². The molecule has 0 saturated carbocycles. The van der Waals surface area contributed by atoms with Gasteiger partial charge < -0.3 is 15.3 Å². The summed E-state index contributed by atoms with van der Waals surface area (Å²) in [5.41, 5.74) is 21.1. The molecule has 0 saturated heterocycles. The Morgan fingerprint density at radius 2 is 1.10 bits per heavy atom. The van der Waals surface area contributed by atoms with E-state index < -0.39 is 0 Å². The number of hydrogen-bond donors (Lipinski definition) is 2. The van der Waals surface area contributed by atoms with Gasteiger partial charge in [0.15, 0.2) is 0 Å². The zero-order valence-corrected chi connectivity index (χ0v) is 34.8. The summed E-state index contributed by atoms with van der Waals surface area (Å²) in [4.78, 5) is 10.6. The van der Waals surface area contributed by atoms with E-state index in [1.54, 1.807) is 11.3 Å². The maximum atomic E-state index is 6.99. The van der Waals surface area contributed by atoms with Crippen LogP contribution in [0, 0.1) is 0 Å². The predicted octanol–water partition coefficient (Wildman–Crippen LogP) is 15.4. The second-order valence-corrected chi connectivity index (χ2v) is 17.2. The molecular weight excluding hydrogens is 773 g/mol. The second-order valence-electron chi connectivity index (χ2n) is 16.2. The van der Waals surface area contributed by atoms with Crippen LogP contribution >= 0.6 is 11.3 Å². The summed E-state index contributed by atoms with van der Waals surface area (Å²) in [5, 5.41) is 8.54. The highest BCUT2D eigenvalue weighted by Gasteiger charge is 2.22. The Kier molecular flexibility index (Phi) is 8.44. The van der Waals surface area contributed by atoms with E-state index >= 15 is 0 Å². The van der Waals surface area contributed by atoms with Gasteiger partial charge in [-0.2, -0.15) is 0 Å². The van der Waals surface area contributed by atoms with Gasteiger partial charge in [0, 0.05) is 59.0 Å². The van der Waals surface area contributed by atoms with Gasteiger partial charge in [-0.3, -0.25) is 4.99 Å². The number of benzene rings is 9. The Morgan fingerprint density at radius 1 is 0.516 bits per heavy atom. The van der Waals surface area contributed by atoms with E-state index in [1.807, 2.05) is 6.07 Å². The number of aliphatic imine (C=N–C) groups is 1. The number of nitrogens with zero attached hydrogens (tertiary/aromatic N) is 2. The molecule has 3 N–H and O–H groups in total. The molecule has 12 aromatic rings. The second kappa shape index (κ2) is 14.5. The Hall–Kier alpha value is -7.73. The lowest BCUT2D eigenvalue weighted by Gasteiger charge is -2.18. The lowest BCUT2D eigenvalue weighted by Crippen LogP contribution is -2.12. The molecule has 0 aliphatic heterocycles. The summed E-state index contributed by atoms with van der Waals surface area (Å²) in [6.07, 6.45) is -0.280. The van der Waals surface area contributed by atoms with E-state index in [0.717, 1.165) is 49.0 Å². The van der Waals surface area contributed by atoms with Crippen LogP contribution in [0.3, 0.4) is 0 Å². The number of hydrogen-bond acceptors (Lipinski definition) is 3. The maximum Gasteiger partial charge on any atom is 0.123 e. The first kappa shape index (κ1) is 36.1. The van der Waals surface area contributed by atoms with Crippen molar-refractivity contribution in [3.05, 3.63) is 211 Å². The van der Waals surface area contributed by atoms with Crippen LogP contribution in [0.25, 0.3) is 97.2 Å². The molecule has 0 aliphatic rings. The number of nitrogens with two attached hydrogens (primary N) is 1. The van der Waals surface area contributed by atoms with Gasteiger partial charge in [-0.1, -0.05) is 146 Å². The van der Waals surface area contributed by atoms with Crippen LogP contribution in [-0.2, 0) is 0 Å². The fourth-order valence-corrected chi connectivity index (χ4v) is 10.7. The number of aromatic nitrogens is 2. The zero-order chi connectivity index (χ0) is 41.3. The predicted molar refractivity (Wildman–Crippen MR) is 266 cm³/mol. The maximum absolute atomic E-state index is 6.99. The van der Waals surface area contributed by atoms with Gasteiger partial charge in [0.2, 0.25) is 0 Å². The van der Waals surface area contributed by atoms with Crippen molar-refractivity contribution in [2.24, 2.45) is 4.99 Å². The highest BCUT2D eigenvalue weighted by atomic mass is 32.1. The minimum Gasteiger partial charge on any atom is -0.398 e. The van der Waals surface area contributed by atoms with Crippen molar-refractivity contribution in [1.82, 2.24) is 9.55 Å². The summed E-state index contributed by atoms with van der Waals surface area (Å²) >= 11 is 1.78. The average Bonchev–Trinajstić information content (AvgIpc) is 4.03. The SMILES string of the molecule is CC(/N=C(/c1ccccc1)c1c(N)ccc2cc(-c3ccccc3)sc12)n1c2ccc(-c3ccccc3)cc2c2cc(-c3ccc4[nH]c5ccc6ccccc6c5c4c3)ccc21. The van der Waals surface area contributed by atoms with E-state index in [-0.39, 0.29) is 6.17 Å². The fraction of sp³-hybridized carbons (Fsp3) is 0.0351. The van der Waals surface area contributed by atoms with E-state index in [4.69, 9.17) is 10.7 Å². The van der Waals surface area contributed by atoms with Crippen LogP contribution in [0.1, 0.15) is 24.2 Å². The molecule has 62 heavy (non-hydrogen) atoms. The Balaban J connectivity index is 1.06. The summed E-state index contributed by atoms with van der Waals surface area (Å²) in [5.74, 6) is 0. The molecular formula is C57H40N4S. The lowest BCUT2D eigenvalue weighted by atomic mass is 9.98. The quantitative estimate of drug-likeness (QED) is 0.122. The minimum absolute atomic E-state index is 0.280. The summed E-state index contributed by atoms with van der Waals surface area (Å²) in [6.45, 7) is 2.20. The molecule has 0 radical (unpaired) electrons. The first-order chi connectivity index (χ1) is 30.6. The highest BCUT2D eigenvalue weighted by Crippen LogP contribution is 2.42. The number of nitrogen functional groups attached to an aromatic ring is 1. The third-order valence-corrected chi connectivity index (χ3v) is 13.7. The minimum atomic E-state index is -0.280. The van der Waals surface area contributed by atoms with Gasteiger partial charge in [0.1, 0.15) is 6.17 Å². The molecule has 0 spiro atoms. The van der Waals surface area contributed by atoms with Gasteiger partial charge in [0.25, 0.3) is 0 Å². The van der Waals surface area contributed by atoms with Gasteiger partial charge in [0.05, 0.1) is 16.7 Å². The van der Waals surface area contributed by atoms with Crippen molar-refractivity contribution < 1.29 is 0 Å². The van der Waals surface area contributed by atoms with Gasteiger partial charge in [-0.15, -0.1) is 11.3 Å². The molecule has 294 valence electrons. The van der Waals surface area contributed by atoms with Crippen molar-refractivity contribution >= 4 is 87.2 Å². The smallest absolute Gasteiger partial charge is 0.123 e. The molecule has 0 amide bonds. The number of H-pyrrole nitrogens is 1. The van der Waals surface area contributed by atoms with Crippen LogP contribution in [-0.4, -0.2) is 15.3 Å². The number of anilines is 1. The van der Waals surface area contributed by atoms with E-state index in [9.17, 15) is 0 Å². The van der Waals surface area contributed by atoms with Crippen molar-refractivity contribution in [3.63, 3.8) is 0 Å². The Morgan fingerprint density at radius 3 is 1.82 bits per heavy atom. The Bertz CT molecular complexity index is 3710. The molecule has 12 rings (SSSR count). The van der Waals surface area contributed by atoms with Gasteiger partial charge in [-0.25, -0.2) is 0 Å². The number of aromatic amines is 1. The average molecular weight is 813 g/mol. The molecule has 0 fully saturated rings. The van der Waals surface area contributed by atoms with Crippen molar-refractivity contribution in [2.75, 3.05) is 5.73 Å². The van der Waals surface area contributed by atoms with Crippen LogP contribution in [0.2, 0.25) is 0 Å². The number of nitrogens with one attached hydrogen (secondary N) is 1. The van der Waals surface area contributed by atoms with Crippen LogP contribution in [0.4, 0.5) is 5.69 Å². The largest absolute Gasteiger partial charge is 0.398 e. The molecule has 1 atom stereocenters. The van der Waals surface area contributed by atoms with E-state index in [1.165, 1.54) is 65.0 Å². The molecule has 9 aromatic carbocycles. The van der Waals surface area contributed by atoms with Gasteiger partial charge >= 0.3 is 0 Å². The van der Waals surface area contributed by atoms with E-state index in [2.05, 4.69) is 211 Å². The first-order valence-corrected chi connectivity index (χ1v) is 22.0. The van der Waals surface area contributed by atoms with Crippen LogP contribution in [0.5, 0.6) is 0 Å². The third kappa shape index (κ3) is 5.93. The molecule has 3 heterocycles. The zero-order valence-electron chi connectivity index (χ0n) is 34.0. The van der Waals surface area contributed by atoms with Crippen molar-refractivity contribution in [2.45, 2.75) is 13.1 Å². The lowest BCUT2D eigenvalue weighted by molar-refractivity contribution is 0.614. The normalized spacial score (nSPS) is 12.7. The van der Waals surface area contributed by atoms with Crippen LogP contribution < -0.4 is 5.73 Å². The molecule has 5 heteroatoms. The number of rotatable bonds is 7. The summed E-state index contributed by atoms with van der Waals surface area (Å²) in [6, 6.07) is 71.9. The Labute approximate surface area is 362 Å². The molecule has 4 nitrogen and oxygen atoms in total. The topological polar surface area (TPSA) is 59.1 Å². The fourth-order valence-electron chi connectivity index (χ4n) is 9.53. The molecule has 1 unspecified atom stereocenters. The third-order valence-electron chi connectivity index (χ3n) is 12.5. The van der Waals surface area contributed by atoms with Gasteiger partial charge in [-0.05, 0) is 105 Å². The summed E-state index contributed by atoms with van der Waals surface area (Å²) < 4.78 is 3.54. The summed E-state index contributed by atoms with van der Waals surface area (Å²) in [7, 11) is 0.